The van der Waals surface area contributed by atoms with Crippen LogP contribution in [0.1, 0.15) is 25.7 Å². The van der Waals surface area contributed by atoms with Gasteiger partial charge in [-0.3, -0.25) is 9.59 Å². The number of amides is 1. The zero-order valence-electron chi connectivity index (χ0n) is 11.1. The molecule has 108 valence electrons. The maximum Gasteiger partial charge on any atom is 0.306 e. The minimum Gasteiger partial charge on any atom is -0.481 e. The summed E-state index contributed by atoms with van der Waals surface area (Å²) in [6.45, 7) is 2.97. The van der Waals surface area contributed by atoms with Crippen LogP contribution in [0.4, 0.5) is 0 Å². The minimum absolute atomic E-state index is 0.0573. The number of likely N-dealkylation sites (tertiary alicyclic amines) is 1. The van der Waals surface area contributed by atoms with E-state index in [0.717, 1.165) is 26.0 Å². The number of nitrogens with zero attached hydrogens (tertiary/aromatic N) is 1. The molecule has 19 heavy (non-hydrogen) atoms. The molecule has 2 N–H and O–H groups in total. The number of carbonyl (C=O) groups excluding carboxylic acids is 1. The average molecular weight is 270 g/mol. The van der Waals surface area contributed by atoms with Gasteiger partial charge in [0.25, 0.3) is 0 Å². The second kappa shape index (κ2) is 6.86. The summed E-state index contributed by atoms with van der Waals surface area (Å²) in [7, 11) is 0. The van der Waals surface area contributed by atoms with Crippen molar-refractivity contribution in [2.24, 2.45) is 5.92 Å². The van der Waals surface area contributed by atoms with Crippen molar-refractivity contribution in [2.75, 3.05) is 32.8 Å². The Morgan fingerprint density at radius 1 is 1.26 bits per heavy atom. The Kier molecular flexibility index (Phi) is 5.15. The van der Waals surface area contributed by atoms with Crippen LogP contribution in [0, 0.1) is 5.92 Å². The third kappa shape index (κ3) is 4.18. The number of rotatable bonds is 5. The van der Waals surface area contributed by atoms with Crippen LogP contribution in [0.2, 0.25) is 0 Å². The summed E-state index contributed by atoms with van der Waals surface area (Å²) in [5.74, 6) is -0.977. The molecular weight excluding hydrogens is 248 g/mol. The van der Waals surface area contributed by atoms with Gasteiger partial charge in [0.05, 0.1) is 18.6 Å². The summed E-state index contributed by atoms with van der Waals surface area (Å²) in [6, 6.07) is 0. The molecule has 1 atom stereocenters. The van der Waals surface area contributed by atoms with E-state index in [-0.39, 0.29) is 17.9 Å². The summed E-state index contributed by atoms with van der Waals surface area (Å²) in [5.41, 5.74) is 0. The fraction of sp³-hybridized carbons (Fsp3) is 0.846. The van der Waals surface area contributed by atoms with Gasteiger partial charge in [0, 0.05) is 26.2 Å². The Hall–Kier alpha value is -1.14. The van der Waals surface area contributed by atoms with E-state index in [2.05, 4.69) is 5.32 Å². The van der Waals surface area contributed by atoms with Gasteiger partial charge in [-0.25, -0.2) is 0 Å². The first-order chi connectivity index (χ1) is 9.16. The SMILES string of the molecule is O=C(O)C1CCN(C(=O)CNCC2CCCO2)CC1. The molecule has 2 heterocycles. The molecule has 0 aliphatic carbocycles. The van der Waals surface area contributed by atoms with E-state index >= 15 is 0 Å². The van der Waals surface area contributed by atoms with Gasteiger partial charge in [-0.1, -0.05) is 0 Å². The van der Waals surface area contributed by atoms with Crippen LogP contribution in [0.3, 0.4) is 0 Å². The van der Waals surface area contributed by atoms with Crippen LogP contribution in [-0.4, -0.2) is 60.8 Å². The molecule has 0 aromatic carbocycles. The Morgan fingerprint density at radius 3 is 2.58 bits per heavy atom. The van der Waals surface area contributed by atoms with E-state index < -0.39 is 5.97 Å². The minimum atomic E-state index is -0.747. The Balaban J connectivity index is 1.62. The van der Waals surface area contributed by atoms with E-state index in [1.807, 2.05) is 0 Å². The standard InChI is InChI=1S/C13H22N2O4/c16-12(9-14-8-11-2-1-7-19-11)15-5-3-10(4-6-15)13(17)18/h10-11,14H,1-9H2,(H,17,18). The van der Waals surface area contributed by atoms with Crippen molar-refractivity contribution in [1.29, 1.82) is 0 Å². The van der Waals surface area contributed by atoms with E-state index in [0.29, 0.717) is 32.5 Å². The number of piperidine rings is 1. The van der Waals surface area contributed by atoms with E-state index in [1.54, 1.807) is 4.90 Å². The van der Waals surface area contributed by atoms with Crippen LogP contribution >= 0.6 is 0 Å². The average Bonchev–Trinajstić information content (AvgIpc) is 2.92. The lowest BCUT2D eigenvalue weighted by molar-refractivity contribution is -0.145. The van der Waals surface area contributed by atoms with Gasteiger partial charge in [-0.05, 0) is 25.7 Å². The normalized spacial score (nSPS) is 24.6. The molecule has 0 saturated carbocycles. The molecule has 0 radical (unpaired) electrons. The van der Waals surface area contributed by atoms with Crippen LogP contribution in [0.5, 0.6) is 0 Å². The van der Waals surface area contributed by atoms with Crippen molar-refractivity contribution in [3.8, 4) is 0 Å². The van der Waals surface area contributed by atoms with Crippen molar-refractivity contribution >= 4 is 11.9 Å². The Bertz CT molecular complexity index is 321. The third-order valence-electron chi connectivity index (χ3n) is 3.87. The molecule has 6 heteroatoms. The van der Waals surface area contributed by atoms with Crippen molar-refractivity contribution in [3.05, 3.63) is 0 Å². The van der Waals surface area contributed by atoms with Crippen molar-refractivity contribution in [1.82, 2.24) is 10.2 Å². The lowest BCUT2D eigenvalue weighted by atomic mass is 9.97. The monoisotopic (exact) mass is 270 g/mol. The van der Waals surface area contributed by atoms with Crippen LogP contribution in [-0.2, 0) is 14.3 Å². The zero-order chi connectivity index (χ0) is 13.7. The molecule has 0 aromatic rings. The molecule has 2 fully saturated rings. The fourth-order valence-corrected chi connectivity index (χ4v) is 2.63. The highest BCUT2D eigenvalue weighted by atomic mass is 16.5. The van der Waals surface area contributed by atoms with E-state index in [9.17, 15) is 9.59 Å². The van der Waals surface area contributed by atoms with Crippen LogP contribution < -0.4 is 5.32 Å². The highest BCUT2D eigenvalue weighted by Crippen LogP contribution is 2.17. The molecule has 6 nitrogen and oxygen atoms in total. The number of nitrogens with one attached hydrogen (secondary N) is 1. The molecule has 2 aliphatic rings. The number of carboxylic acid groups (broad SMARTS) is 1. The van der Waals surface area contributed by atoms with Gasteiger partial charge >= 0.3 is 5.97 Å². The topological polar surface area (TPSA) is 78.9 Å². The highest BCUT2D eigenvalue weighted by Gasteiger charge is 2.26. The number of hydrogen-bond donors (Lipinski definition) is 2. The first-order valence-corrected chi connectivity index (χ1v) is 6.99. The van der Waals surface area contributed by atoms with Crippen molar-refractivity contribution in [3.63, 3.8) is 0 Å². The fourth-order valence-electron chi connectivity index (χ4n) is 2.63. The predicted molar refractivity (Wildman–Crippen MR) is 68.8 cm³/mol. The predicted octanol–water partition coefficient (Wildman–Crippen LogP) is 0.0782. The highest BCUT2D eigenvalue weighted by molar-refractivity contribution is 5.78. The van der Waals surface area contributed by atoms with Crippen molar-refractivity contribution < 1.29 is 19.4 Å². The molecule has 1 amide bonds. The quantitative estimate of drug-likeness (QED) is 0.739. The smallest absolute Gasteiger partial charge is 0.306 e. The van der Waals surface area contributed by atoms with Gasteiger partial charge in [-0.15, -0.1) is 0 Å². The first kappa shape index (κ1) is 14.3. The molecule has 0 bridgehead atoms. The first-order valence-electron chi connectivity index (χ1n) is 6.99. The molecular formula is C13H22N2O4. The largest absolute Gasteiger partial charge is 0.481 e. The number of carbonyl (C=O) groups is 2. The summed E-state index contributed by atoms with van der Waals surface area (Å²) < 4.78 is 5.47. The number of hydrogen-bond acceptors (Lipinski definition) is 4. The molecule has 1 unspecified atom stereocenters. The molecule has 0 aromatic heterocycles. The molecule has 0 spiro atoms. The Morgan fingerprint density at radius 2 is 2.00 bits per heavy atom. The van der Waals surface area contributed by atoms with Crippen molar-refractivity contribution in [2.45, 2.75) is 31.8 Å². The maximum absolute atomic E-state index is 11.9. The zero-order valence-corrected chi connectivity index (χ0v) is 11.1. The number of ether oxygens (including phenoxy) is 1. The second-order valence-electron chi connectivity index (χ2n) is 5.26. The maximum atomic E-state index is 11.9. The third-order valence-corrected chi connectivity index (χ3v) is 3.87. The summed E-state index contributed by atoms with van der Waals surface area (Å²) in [4.78, 5) is 24.5. The summed E-state index contributed by atoms with van der Waals surface area (Å²) in [6.07, 6.45) is 3.53. The molecule has 2 aliphatic heterocycles. The van der Waals surface area contributed by atoms with Crippen LogP contribution in [0.25, 0.3) is 0 Å². The summed E-state index contributed by atoms with van der Waals surface area (Å²) >= 11 is 0. The van der Waals surface area contributed by atoms with Gasteiger partial charge in [0.2, 0.25) is 5.91 Å². The van der Waals surface area contributed by atoms with Crippen LogP contribution in [0.15, 0.2) is 0 Å². The number of carboxylic acids is 1. The summed E-state index contributed by atoms with van der Waals surface area (Å²) in [5, 5.41) is 12.0. The van der Waals surface area contributed by atoms with E-state index in [1.165, 1.54) is 0 Å². The van der Waals surface area contributed by atoms with Gasteiger partial charge in [0.15, 0.2) is 0 Å². The molecule has 2 saturated heterocycles. The second-order valence-corrected chi connectivity index (χ2v) is 5.26. The lowest BCUT2D eigenvalue weighted by Crippen LogP contribution is -2.45. The van der Waals surface area contributed by atoms with E-state index in [4.69, 9.17) is 9.84 Å². The van der Waals surface area contributed by atoms with Gasteiger partial charge < -0.3 is 20.1 Å². The van der Waals surface area contributed by atoms with Gasteiger partial charge in [0.1, 0.15) is 0 Å². The number of aliphatic carboxylic acids is 1. The lowest BCUT2D eigenvalue weighted by Gasteiger charge is -2.30. The Labute approximate surface area is 113 Å². The van der Waals surface area contributed by atoms with Gasteiger partial charge in [-0.2, -0.15) is 0 Å². The molecule has 2 rings (SSSR count).